The molecule has 2 heterocycles. The molecule has 0 aliphatic heterocycles. The molecule has 0 aliphatic rings. The van der Waals surface area contributed by atoms with Gasteiger partial charge in [0.05, 0.1) is 11.2 Å². The molecule has 280 valence electrons. The standard InChI is InChI=1S/C56H36N4/c1-3-10-37(11-4-1)38-20-26-45(27-21-38)55-58-54(44-13-5-2-6-14-44)59-56(60-55)46-28-22-40(23-29-46)48-16-9-15-47(36-48)39-18-24-42(25-19-39)52-35-32-43-31-33-50-49-17-8-7-12-41(49)30-34-51(50)53(43)57-52/h1-36H. The first-order valence-electron chi connectivity index (χ1n) is 20.2. The Balaban J connectivity index is 0.874. The van der Waals surface area contributed by atoms with Crippen LogP contribution >= 0.6 is 0 Å². The van der Waals surface area contributed by atoms with E-state index in [1.54, 1.807) is 0 Å². The molecule has 9 aromatic carbocycles. The van der Waals surface area contributed by atoms with Crippen LogP contribution in [0.4, 0.5) is 0 Å². The first kappa shape index (κ1) is 35.1. The number of rotatable bonds is 7. The Kier molecular flexibility index (Phi) is 8.79. The lowest BCUT2D eigenvalue weighted by atomic mass is 9.97. The molecule has 11 rings (SSSR count). The van der Waals surface area contributed by atoms with E-state index in [1.807, 2.05) is 36.4 Å². The Morgan fingerprint density at radius 1 is 0.217 bits per heavy atom. The summed E-state index contributed by atoms with van der Waals surface area (Å²) in [7, 11) is 0. The van der Waals surface area contributed by atoms with Crippen LogP contribution in [0, 0.1) is 0 Å². The zero-order valence-corrected chi connectivity index (χ0v) is 32.6. The molecule has 0 radical (unpaired) electrons. The number of aromatic nitrogens is 4. The lowest BCUT2D eigenvalue weighted by molar-refractivity contribution is 1.07. The van der Waals surface area contributed by atoms with Crippen molar-refractivity contribution in [3.8, 4) is 78.8 Å². The topological polar surface area (TPSA) is 51.6 Å². The number of pyridine rings is 1. The minimum Gasteiger partial charge on any atom is -0.247 e. The van der Waals surface area contributed by atoms with Gasteiger partial charge in [-0.15, -0.1) is 0 Å². The highest BCUT2D eigenvalue weighted by Gasteiger charge is 2.14. The minimum absolute atomic E-state index is 0.633. The second-order valence-electron chi connectivity index (χ2n) is 15.1. The second-order valence-corrected chi connectivity index (χ2v) is 15.1. The maximum Gasteiger partial charge on any atom is 0.164 e. The van der Waals surface area contributed by atoms with E-state index < -0.39 is 0 Å². The molecule has 11 aromatic rings. The van der Waals surface area contributed by atoms with Crippen molar-refractivity contribution in [1.82, 2.24) is 19.9 Å². The van der Waals surface area contributed by atoms with E-state index in [0.717, 1.165) is 66.7 Å². The average molecular weight is 765 g/mol. The summed E-state index contributed by atoms with van der Waals surface area (Å²) in [5.41, 5.74) is 12.8. The van der Waals surface area contributed by atoms with Gasteiger partial charge in [0.25, 0.3) is 0 Å². The van der Waals surface area contributed by atoms with E-state index >= 15 is 0 Å². The molecule has 60 heavy (non-hydrogen) atoms. The molecule has 0 saturated carbocycles. The van der Waals surface area contributed by atoms with Crippen molar-refractivity contribution < 1.29 is 0 Å². The first-order valence-corrected chi connectivity index (χ1v) is 20.2. The summed E-state index contributed by atoms with van der Waals surface area (Å²) in [5.74, 6) is 1.91. The van der Waals surface area contributed by atoms with E-state index in [1.165, 1.54) is 27.1 Å². The quantitative estimate of drug-likeness (QED) is 0.152. The Bertz CT molecular complexity index is 3330. The third-order valence-electron chi connectivity index (χ3n) is 11.4. The van der Waals surface area contributed by atoms with Crippen LogP contribution in [0.3, 0.4) is 0 Å². The number of benzene rings is 9. The highest BCUT2D eigenvalue weighted by Crippen LogP contribution is 2.34. The minimum atomic E-state index is 0.633. The van der Waals surface area contributed by atoms with Crippen molar-refractivity contribution in [2.24, 2.45) is 0 Å². The fraction of sp³-hybridized carbons (Fsp3) is 0. The number of nitrogens with zero attached hydrogens (tertiary/aromatic N) is 4. The molecule has 0 fully saturated rings. The van der Waals surface area contributed by atoms with Gasteiger partial charge in [0.1, 0.15) is 0 Å². The van der Waals surface area contributed by atoms with E-state index in [-0.39, 0.29) is 0 Å². The molecule has 0 amide bonds. The van der Waals surface area contributed by atoms with Crippen LogP contribution in [0.5, 0.6) is 0 Å². The van der Waals surface area contributed by atoms with Gasteiger partial charge >= 0.3 is 0 Å². The maximum absolute atomic E-state index is 5.21. The zero-order valence-electron chi connectivity index (χ0n) is 32.6. The zero-order chi connectivity index (χ0) is 39.8. The Morgan fingerprint density at radius 3 is 1.25 bits per heavy atom. The van der Waals surface area contributed by atoms with E-state index in [4.69, 9.17) is 19.9 Å². The van der Waals surface area contributed by atoms with Crippen LogP contribution < -0.4 is 0 Å². The van der Waals surface area contributed by atoms with Crippen molar-refractivity contribution in [2.75, 3.05) is 0 Å². The van der Waals surface area contributed by atoms with Crippen LogP contribution in [0.2, 0.25) is 0 Å². The molecule has 0 unspecified atom stereocenters. The number of hydrogen-bond acceptors (Lipinski definition) is 4. The summed E-state index contributed by atoms with van der Waals surface area (Å²) in [6.45, 7) is 0. The highest BCUT2D eigenvalue weighted by atomic mass is 15.0. The smallest absolute Gasteiger partial charge is 0.164 e. The number of hydrogen-bond donors (Lipinski definition) is 0. The molecule has 4 heteroatoms. The molecule has 4 nitrogen and oxygen atoms in total. The summed E-state index contributed by atoms with van der Waals surface area (Å²) in [5, 5.41) is 6.04. The van der Waals surface area contributed by atoms with E-state index in [9.17, 15) is 0 Å². The summed E-state index contributed by atoms with van der Waals surface area (Å²) in [4.78, 5) is 20.1. The normalized spacial score (nSPS) is 11.3. The molecular weight excluding hydrogens is 729 g/mol. The van der Waals surface area contributed by atoms with E-state index in [2.05, 4.69) is 182 Å². The van der Waals surface area contributed by atoms with Gasteiger partial charge in [0, 0.05) is 33.0 Å². The lowest BCUT2D eigenvalue weighted by Crippen LogP contribution is -2.00. The summed E-state index contributed by atoms with van der Waals surface area (Å²) in [6, 6.07) is 76.5. The molecule has 0 bridgehead atoms. The van der Waals surface area contributed by atoms with Crippen molar-refractivity contribution in [3.05, 3.63) is 218 Å². The van der Waals surface area contributed by atoms with Gasteiger partial charge in [0.15, 0.2) is 17.5 Å². The van der Waals surface area contributed by atoms with Crippen LogP contribution in [-0.2, 0) is 0 Å². The van der Waals surface area contributed by atoms with Crippen LogP contribution in [0.25, 0.3) is 111 Å². The predicted molar refractivity (Wildman–Crippen MR) is 248 cm³/mol. The Labute approximate surface area is 348 Å². The van der Waals surface area contributed by atoms with Crippen molar-refractivity contribution >= 4 is 32.4 Å². The summed E-state index contributed by atoms with van der Waals surface area (Å²) in [6.07, 6.45) is 0. The summed E-state index contributed by atoms with van der Waals surface area (Å²) < 4.78 is 0. The molecule has 0 atom stereocenters. The monoisotopic (exact) mass is 764 g/mol. The predicted octanol–water partition coefficient (Wildman–Crippen LogP) is 14.4. The third-order valence-corrected chi connectivity index (χ3v) is 11.4. The average Bonchev–Trinajstić information content (AvgIpc) is 3.34. The van der Waals surface area contributed by atoms with Gasteiger partial charge in [-0.05, 0) is 61.7 Å². The SMILES string of the molecule is c1ccc(-c2ccc(-c3nc(-c4ccccc4)nc(-c4ccc(-c5cccc(-c6ccc(-c7ccc8ccc9c%10ccccc%10ccc9c8n7)cc6)c5)cc4)n3)cc2)cc1. The van der Waals surface area contributed by atoms with Gasteiger partial charge in [0.2, 0.25) is 0 Å². The Hall–Kier alpha value is -8.08. The molecule has 0 saturated heterocycles. The van der Waals surface area contributed by atoms with Gasteiger partial charge in [-0.3, -0.25) is 0 Å². The fourth-order valence-corrected chi connectivity index (χ4v) is 8.15. The molecule has 0 N–H and O–H groups in total. The lowest BCUT2D eigenvalue weighted by Gasteiger charge is -2.11. The van der Waals surface area contributed by atoms with Crippen LogP contribution in [-0.4, -0.2) is 19.9 Å². The van der Waals surface area contributed by atoms with Crippen LogP contribution in [0.15, 0.2) is 218 Å². The van der Waals surface area contributed by atoms with Gasteiger partial charge in [-0.2, -0.15) is 0 Å². The van der Waals surface area contributed by atoms with Gasteiger partial charge < -0.3 is 0 Å². The summed E-state index contributed by atoms with van der Waals surface area (Å²) >= 11 is 0. The van der Waals surface area contributed by atoms with Crippen molar-refractivity contribution in [1.29, 1.82) is 0 Å². The van der Waals surface area contributed by atoms with Crippen molar-refractivity contribution in [2.45, 2.75) is 0 Å². The Morgan fingerprint density at radius 2 is 0.633 bits per heavy atom. The van der Waals surface area contributed by atoms with Crippen LogP contribution in [0.1, 0.15) is 0 Å². The molecular formula is C56H36N4. The molecule has 2 aromatic heterocycles. The largest absolute Gasteiger partial charge is 0.247 e. The maximum atomic E-state index is 5.21. The third kappa shape index (κ3) is 6.66. The van der Waals surface area contributed by atoms with E-state index in [0.29, 0.717) is 17.5 Å². The van der Waals surface area contributed by atoms with Crippen molar-refractivity contribution in [3.63, 3.8) is 0 Å². The fourth-order valence-electron chi connectivity index (χ4n) is 8.15. The first-order chi connectivity index (χ1) is 29.7. The number of fused-ring (bicyclic) bond motifs is 5. The highest BCUT2D eigenvalue weighted by molar-refractivity contribution is 6.16. The molecule has 0 spiro atoms. The second kappa shape index (κ2) is 15.0. The molecule has 0 aliphatic carbocycles. The van der Waals surface area contributed by atoms with Gasteiger partial charge in [-0.25, -0.2) is 19.9 Å². The van der Waals surface area contributed by atoms with Gasteiger partial charge in [-0.1, -0.05) is 206 Å².